The topological polar surface area (TPSA) is 62.2 Å². The lowest BCUT2D eigenvalue weighted by Crippen LogP contribution is -2.65. The fourth-order valence-corrected chi connectivity index (χ4v) is 4.82. The number of carbonyl (C=O) groups is 1. The highest BCUT2D eigenvalue weighted by Crippen LogP contribution is 2.36. The van der Waals surface area contributed by atoms with E-state index in [0.717, 1.165) is 35.9 Å². The summed E-state index contributed by atoms with van der Waals surface area (Å²) in [6.07, 6.45) is 2.63. The summed E-state index contributed by atoms with van der Waals surface area (Å²) >= 11 is 0. The van der Waals surface area contributed by atoms with E-state index in [1.807, 2.05) is 43.9 Å². The van der Waals surface area contributed by atoms with Crippen molar-refractivity contribution in [2.75, 3.05) is 24.5 Å². The smallest absolute Gasteiger partial charge is 0.254 e. The van der Waals surface area contributed by atoms with Crippen LogP contribution in [0.5, 0.6) is 0 Å². The lowest BCUT2D eigenvalue weighted by molar-refractivity contribution is 0.0590. The van der Waals surface area contributed by atoms with Crippen LogP contribution in [0.4, 0.5) is 10.3 Å². The maximum Gasteiger partial charge on any atom is 0.254 e. The summed E-state index contributed by atoms with van der Waals surface area (Å²) < 4.78 is 14.1. The first kappa shape index (κ1) is 20.5. The minimum absolute atomic E-state index is 0.0880. The highest BCUT2D eigenvalue weighted by molar-refractivity contribution is 6.00. The van der Waals surface area contributed by atoms with Crippen LogP contribution in [0.15, 0.2) is 42.6 Å². The van der Waals surface area contributed by atoms with Crippen LogP contribution in [0, 0.1) is 32.5 Å². The van der Waals surface area contributed by atoms with Gasteiger partial charge < -0.3 is 9.80 Å². The van der Waals surface area contributed by atoms with E-state index < -0.39 is 0 Å². The normalized spacial score (nSPS) is 20.0. The Labute approximate surface area is 187 Å². The number of likely N-dealkylation sites (tertiary alicyclic amines) is 1. The van der Waals surface area contributed by atoms with Crippen LogP contribution < -0.4 is 4.90 Å². The second kappa shape index (κ2) is 7.97. The summed E-state index contributed by atoms with van der Waals surface area (Å²) in [6.45, 7) is 8.13. The van der Waals surface area contributed by atoms with Gasteiger partial charge in [-0.3, -0.25) is 9.78 Å². The van der Waals surface area contributed by atoms with Gasteiger partial charge in [0.15, 0.2) is 0 Å². The second-order valence-electron chi connectivity index (χ2n) is 8.88. The third-order valence-corrected chi connectivity index (χ3v) is 6.47. The van der Waals surface area contributed by atoms with E-state index in [4.69, 9.17) is 0 Å². The van der Waals surface area contributed by atoms with Crippen LogP contribution >= 0.6 is 0 Å². The molecule has 3 aromatic rings. The summed E-state index contributed by atoms with van der Waals surface area (Å²) in [5.41, 5.74) is 4.52. The zero-order valence-corrected chi connectivity index (χ0v) is 18.5. The molecule has 0 radical (unpaired) electrons. The van der Waals surface area contributed by atoms with Crippen molar-refractivity contribution in [1.29, 1.82) is 0 Å². The van der Waals surface area contributed by atoms with Gasteiger partial charge >= 0.3 is 0 Å². The molecular weight excluding hydrogens is 405 g/mol. The van der Waals surface area contributed by atoms with Crippen molar-refractivity contribution < 1.29 is 9.18 Å². The number of hydrogen-bond donors (Lipinski definition) is 0. The molecule has 2 aromatic heterocycles. The molecule has 0 saturated carbocycles. The lowest BCUT2D eigenvalue weighted by Gasteiger charge is -2.53. The molecule has 0 N–H and O–H groups in total. The van der Waals surface area contributed by atoms with Crippen LogP contribution in [0.25, 0.3) is 11.3 Å². The van der Waals surface area contributed by atoms with Crippen molar-refractivity contribution >= 4 is 11.9 Å². The number of rotatable bonds is 3. The number of anilines is 1. The molecule has 2 unspecified atom stereocenters. The Bertz CT molecular complexity index is 1180. The molecule has 6 nitrogen and oxygen atoms in total. The van der Waals surface area contributed by atoms with Crippen molar-refractivity contribution in [3.63, 3.8) is 0 Å². The Kier molecular flexibility index (Phi) is 5.12. The van der Waals surface area contributed by atoms with Gasteiger partial charge in [0.2, 0.25) is 5.95 Å². The summed E-state index contributed by atoms with van der Waals surface area (Å²) in [6, 6.07) is 10.3. The van der Waals surface area contributed by atoms with Gasteiger partial charge in [-0.05, 0) is 69.2 Å². The minimum Gasteiger partial charge on any atom is -0.337 e. The van der Waals surface area contributed by atoms with E-state index in [9.17, 15) is 9.18 Å². The summed E-state index contributed by atoms with van der Waals surface area (Å²) in [5.74, 6) is 0.810. The maximum absolute atomic E-state index is 14.1. The van der Waals surface area contributed by atoms with Crippen LogP contribution in [0.2, 0.25) is 0 Å². The number of aryl methyl sites for hydroxylation is 3. The van der Waals surface area contributed by atoms with E-state index in [1.165, 1.54) is 12.1 Å². The van der Waals surface area contributed by atoms with Crippen molar-refractivity contribution in [3.05, 3.63) is 70.9 Å². The molecule has 4 heterocycles. The quantitative estimate of drug-likeness (QED) is 0.628. The predicted molar refractivity (Wildman–Crippen MR) is 121 cm³/mol. The molecular formula is C25H26FN5O. The molecule has 2 atom stereocenters. The number of pyridine rings is 1. The molecule has 1 aromatic carbocycles. The van der Waals surface area contributed by atoms with Crippen molar-refractivity contribution in [2.24, 2.45) is 5.92 Å². The first-order chi connectivity index (χ1) is 15.4. The molecule has 5 rings (SSSR count). The van der Waals surface area contributed by atoms with E-state index in [0.29, 0.717) is 35.8 Å². The van der Waals surface area contributed by atoms with Crippen molar-refractivity contribution in [3.8, 4) is 11.3 Å². The van der Waals surface area contributed by atoms with Crippen LogP contribution in [0.3, 0.4) is 0 Å². The van der Waals surface area contributed by atoms with E-state index in [1.54, 1.807) is 12.3 Å². The third kappa shape index (κ3) is 3.72. The average Bonchev–Trinajstić information content (AvgIpc) is 2.73. The average molecular weight is 432 g/mol. The molecule has 2 aliphatic rings. The minimum atomic E-state index is -0.379. The molecule has 2 aliphatic heterocycles. The standard InChI is InChI=1S/C25H26FN5O/c1-15-6-8-27-22(10-15)21-12-19(26)4-5-20(21)24(32)30-9-7-18-13-31(23(18)14-30)25-28-16(2)11-17(3)29-25/h4-6,8,10-12,18,23H,7,9,13-14H2,1-3H3. The zero-order chi connectivity index (χ0) is 22.4. The van der Waals surface area contributed by atoms with Crippen LogP contribution in [-0.2, 0) is 0 Å². The summed E-state index contributed by atoms with van der Waals surface area (Å²) in [7, 11) is 0. The molecule has 0 spiro atoms. The second-order valence-corrected chi connectivity index (χ2v) is 8.88. The highest BCUT2D eigenvalue weighted by Gasteiger charge is 2.45. The molecule has 164 valence electrons. The number of amides is 1. The Hall–Kier alpha value is -3.35. The fourth-order valence-electron chi connectivity index (χ4n) is 4.82. The lowest BCUT2D eigenvalue weighted by atomic mass is 9.82. The highest BCUT2D eigenvalue weighted by atomic mass is 19.1. The predicted octanol–water partition coefficient (Wildman–Crippen LogP) is 3.95. The molecule has 0 bridgehead atoms. The van der Waals surface area contributed by atoms with Crippen LogP contribution in [0.1, 0.15) is 33.7 Å². The number of fused-ring (bicyclic) bond motifs is 1. The van der Waals surface area contributed by atoms with Gasteiger partial charge in [0.05, 0.1) is 11.7 Å². The third-order valence-electron chi connectivity index (χ3n) is 6.47. The van der Waals surface area contributed by atoms with E-state index in [2.05, 4.69) is 19.9 Å². The number of carbonyl (C=O) groups excluding carboxylic acids is 1. The van der Waals surface area contributed by atoms with Gasteiger partial charge in [-0.2, -0.15) is 0 Å². The number of hydrogen-bond acceptors (Lipinski definition) is 5. The monoisotopic (exact) mass is 431 g/mol. The van der Waals surface area contributed by atoms with E-state index >= 15 is 0 Å². The van der Waals surface area contributed by atoms with Gasteiger partial charge in [-0.25, -0.2) is 14.4 Å². The zero-order valence-electron chi connectivity index (χ0n) is 18.5. The molecule has 32 heavy (non-hydrogen) atoms. The van der Waals surface area contributed by atoms with Gasteiger partial charge in [-0.1, -0.05) is 0 Å². The van der Waals surface area contributed by atoms with Crippen LogP contribution in [-0.4, -0.2) is 51.4 Å². The molecule has 1 amide bonds. The SMILES string of the molecule is Cc1ccnc(-c2cc(F)ccc2C(=O)N2CCC3CN(c4nc(C)cc(C)n4)C3C2)c1. The number of benzene rings is 1. The summed E-state index contributed by atoms with van der Waals surface area (Å²) in [4.78, 5) is 31.2. The van der Waals surface area contributed by atoms with Crippen molar-refractivity contribution in [1.82, 2.24) is 19.9 Å². The maximum atomic E-state index is 14.1. The number of nitrogens with zero attached hydrogens (tertiary/aromatic N) is 5. The molecule has 2 saturated heterocycles. The Morgan fingerprint density at radius 3 is 2.56 bits per heavy atom. The molecule has 7 heteroatoms. The molecule has 2 fully saturated rings. The molecule has 0 aliphatic carbocycles. The van der Waals surface area contributed by atoms with E-state index in [-0.39, 0.29) is 17.8 Å². The van der Waals surface area contributed by atoms with Gasteiger partial charge in [0, 0.05) is 54.3 Å². The van der Waals surface area contributed by atoms with Gasteiger partial charge in [-0.15, -0.1) is 0 Å². The number of piperidine rings is 1. The van der Waals surface area contributed by atoms with Crippen molar-refractivity contribution in [2.45, 2.75) is 33.2 Å². The summed E-state index contributed by atoms with van der Waals surface area (Å²) in [5, 5.41) is 0. The Morgan fingerprint density at radius 1 is 1.03 bits per heavy atom. The Balaban J connectivity index is 1.41. The first-order valence-electron chi connectivity index (χ1n) is 11.0. The number of halogens is 1. The first-order valence-corrected chi connectivity index (χ1v) is 11.0. The number of aromatic nitrogens is 3. The van der Waals surface area contributed by atoms with Gasteiger partial charge in [0.1, 0.15) is 5.82 Å². The Morgan fingerprint density at radius 2 is 1.81 bits per heavy atom. The van der Waals surface area contributed by atoms with Gasteiger partial charge in [0.25, 0.3) is 5.91 Å². The fraction of sp³-hybridized carbons (Fsp3) is 0.360. The largest absolute Gasteiger partial charge is 0.337 e.